The smallest absolute Gasteiger partial charge is 0.409 e. The second-order valence-electron chi connectivity index (χ2n) is 17.9. The lowest BCUT2D eigenvalue weighted by Gasteiger charge is -2.63. The summed E-state index contributed by atoms with van der Waals surface area (Å²) in [5.41, 5.74) is -0.0227. The Morgan fingerprint density at radius 2 is 1.70 bits per heavy atom. The number of carbonyl (C=O) groups is 3. The van der Waals surface area contributed by atoms with E-state index >= 15 is 0 Å². The molecule has 53 heavy (non-hydrogen) atoms. The van der Waals surface area contributed by atoms with E-state index in [-0.39, 0.29) is 40.9 Å². The van der Waals surface area contributed by atoms with E-state index in [0.29, 0.717) is 74.9 Å². The van der Waals surface area contributed by atoms with Crippen molar-refractivity contribution in [2.24, 2.45) is 34.5 Å². The molecule has 6 aliphatic rings. The molecule has 0 spiro atoms. The van der Waals surface area contributed by atoms with Gasteiger partial charge in [0.05, 0.1) is 5.52 Å². The van der Waals surface area contributed by atoms with Crippen molar-refractivity contribution in [2.75, 3.05) is 46.8 Å². The predicted molar refractivity (Wildman–Crippen MR) is 203 cm³/mol. The molecule has 10 atom stereocenters. The van der Waals surface area contributed by atoms with Gasteiger partial charge < -0.3 is 24.5 Å². The highest BCUT2D eigenvalue weighted by atomic mass is 16.6. The van der Waals surface area contributed by atoms with Gasteiger partial charge in [-0.2, -0.15) is 0 Å². The average molecular weight is 724 g/mol. The van der Waals surface area contributed by atoms with Crippen molar-refractivity contribution in [1.82, 2.24) is 24.6 Å². The fourth-order valence-electron chi connectivity index (χ4n) is 12.3. The number of carbonyl (C=O) groups excluding carboxylic acids is 3. The number of hydrogen-bond donors (Lipinski definition) is 1. The minimum atomic E-state index is -1.02. The number of hydrogen-bond acceptors (Lipinski definition) is 7. The molecular weight excluding hydrogens is 667 g/mol. The minimum absolute atomic E-state index is 0.0198. The number of terminal acetylenes is 1. The third-order valence-corrected chi connectivity index (χ3v) is 15.4. The molecule has 0 unspecified atom stereocenters. The minimum Gasteiger partial charge on any atom is -0.444 e. The Bertz CT molecular complexity index is 1800. The fourth-order valence-corrected chi connectivity index (χ4v) is 12.3. The molecule has 1 aromatic carbocycles. The van der Waals surface area contributed by atoms with E-state index in [1.54, 1.807) is 25.1 Å². The van der Waals surface area contributed by atoms with Crippen molar-refractivity contribution in [2.45, 2.75) is 102 Å². The number of aliphatic hydroxyl groups is 1. The molecule has 10 nitrogen and oxygen atoms in total. The van der Waals surface area contributed by atoms with Gasteiger partial charge in [-0.15, -0.1) is 6.42 Å². The van der Waals surface area contributed by atoms with Gasteiger partial charge in [0.2, 0.25) is 5.91 Å². The second-order valence-corrected chi connectivity index (χ2v) is 17.9. The van der Waals surface area contributed by atoms with E-state index in [2.05, 4.69) is 29.7 Å². The lowest BCUT2D eigenvalue weighted by atomic mass is 9.44. The van der Waals surface area contributed by atoms with Gasteiger partial charge in [0.25, 0.3) is 5.91 Å². The molecule has 2 aromatic rings. The molecule has 2 saturated heterocycles. The number of ether oxygens (including phenoxy) is 1. The molecule has 2 aliphatic heterocycles. The lowest BCUT2D eigenvalue weighted by Crippen LogP contribution is -2.63. The van der Waals surface area contributed by atoms with E-state index in [1.165, 1.54) is 4.90 Å². The Morgan fingerprint density at radius 1 is 0.943 bits per heavy atom. The zero-order valence-corrected chi connectivity index (χ0v) is 32.0. The monoisotopic (exact) mass is 723 g/mol. The molecule has 4 saturated carbocycles. The van der Waals surface area contributed by atoms with Crippen LogP contribution in [-0.2, 0) is 9.53 Å². The molecule has 8 rings (SSSR count). The molecule has 1 aromatic heterocycles. The van der Waals surface area contributed by atoms with Gasteiger partial charge in [-0.05, 0) is 105 Å². The summed E-state index contributed by atoms with van der Waals surface area (Å²) >= 11 is 0. The Kier molecular flexibility index (Phi) is 9.29. The van der Waals surface area contributed by atoms with Crippen molar-refractivity contribution in [3.8, 4) is 12.3 Å². The highest BCUT2D eigenvalue weighted by molar-refractivity contribution is 5.98. The molecule has 3 heterocycles. The van der Waals surface area contributed by atoms with E-state index in [0.717, 1.165) is 62.3 Å². The second kappa shape index (κ2) is 13.6. The first-order chi connectivity index (χ1) is 25.4. The topological polar surface area (TPSA) is 107 Å². The molecule has 0 bridgehead atoms. The van der Waals surface area contributed by atoms with Gasteiger partial charge in [-0.3, -0.25) is 14.5 Å². The van der Waals surface area contributed by atoms with E-state index in [4.69, 9.17) is 11.2 Å². The average Bonchev–Trinajstić information content (AvgIpc) is 3.76. The van der Waals surface area contributed by atoms with Gasteiger partial charge in [0.15, 0.2) is 0 Å². The summed E-state index contributed by atoms with van der Waals surface area (Å²) in [6, 6.07) is 11.0. The SMILES string of the molecule is C#C[C@@]1(O)CC[C@H]2[C@@H]3CC[C@H]4C[C@H](OC(=O)N(C)C)[C@@H](N5CCN(C(=O)[C@@H]6CCCN6C(=O)c6ccc7ccccc7n6)CC5)C[C@]4(C)[C@H]3CC[C@@]21C. The molecule has 4 aliphatic carbocycles. The number of pyridine rings is 1. The molecule has 6 fully saturated rings. The third kappa shape index (κ3) is 5.92. The summed E-state index contributed by atoms with van der Waals surface area (Å²) in [7, 11) is 3.48. The van der Waals surface area contributed by atoms with Gasteiger partial charge in [0, 0.05) is 63.7 Å². The number of rotatable bonds is 4. The highest BCUT2D eigenvalue weighted by Gasteiger charge is 2.65. The Labute approximate surface area is 314 Å². The molecular formula is C43H57N5O5. The van der Waals surface area contributed by atoms with Crippen LogP contribution in [0.2, 0.25) is 0 Å². The Balaban J connectivity index is 0.974. The van der Waals surface area contributed by atoms with Crippen molar-refractivity contribution >= 4 is 28.8 Å². The number of nitrogens with zero attached hydrogens (tertiary/aromatic N) is 5. The summed E-state index contributed by atoms with van der Waals surface area (Å²) in [5, 5.41) is 12.5. The number of piperazine rings is 1. The first-order valence-electron chi connectivity index (χ1n) is 20.1. The van der Waals surface area contributed by atoms with Crippen LogP contribution >= 0.6 is 0 Å². The first kappa shape index (κ1) is 36.3. The van der Waals surface area contributed by atoms with Crippen molar-refractivity contribution < 1.29 is 24.2 Å². The van der Waals surface area contributed by atoms with Crippen molar-refractivity contribution in [3.63, 3.8) is 0 Å². The quantitative estimate of drug-likeness (QED) is 0.420. The molecule has 284 valence electrons. The normalized spacial score (nSPS) is 38.4. The van der Waals surface area contributed by atoms with E-state index in [1.807, 2.05) is 35.2 Å². The van der Waals surface area contributed by atoms with E-state index < -0.39 is 11.6 Å². The fraction of sp³-hybridized carbons (Fsp3) is 0.674. The maximum absolute atomic E-state index is 14.1. The predicted octanol–water partition coefficient (Wildman–Crippen LogP) is 5.44. The number of amides is 3. The molecule has 1 N–H and O–H groups in total. The van der Waals surface area contributed by atoms with Crippen LogP contribution in [0.25, 0.3) is 10.9 Å². The van der Waals surface area contributed by atoms with Gasteiger partial charge >= 0.3 is 6.09 Å². The zero-order valence-electron chi connectivity index (χ0n) is 32.0. The zero-order chi connectivity index (χ0) is 37.3. The van der Waals surface area contributed by atoms with Crippen LogP contribution in [0.5, 0.6) is 0 Å². The highest BCUT2D eigenvalue weighted by Crippen LogP contribution is 2.68. The largest absolute Gasteiger partial charge is 0.444 e. The lowest BCUT2D eigenvalue weighted by molar-refractivity contribution is -0.164. The van der Waals surface area contributed by atoms with Crippen LogP contribution in [0.4, 0.5) is 4.79 Å². The maximum atomic E-state index is 14.1. The van der Waals surface area contributed by atoms with E-state index in [9.17, 15) is 19.5 Å². The number of benzene rings is 1. The third-order valence-electron chi connectivity index (χ3n) is 15.4. The van der Waals surface area contributed by atoms with Crippen LogP contribution in [-0.4, -0.2) is 118 Å². The summed E-state index contributed by atoms with van der Waals surface area (Å²) in [5.74, 6) is 4.62. The van der Waals surface area contributed by atoms with Crippen LogP contribution < -0.4 is 0 Å². The van der Waals surface area contributed by atoms with Crippen molar-refractivity contribution in [1.29, 1.82) is 0 Å². The summed E-state index contributed by atoms with van der Waals surface area (Å²) in [6.45, 7) is 7.86. The van der Waals surface area contributed by atoms with Gasteiger partial charge in [0.1, 0.15) is 23.4 Å². The summed E-state index contributed by atoms with van der Waals surface area (Å²) < 4.78 is 6.30. The summed E-state index contributed by atoms with van der Waals surface area (Å²) in [4.78, 5) is 53.2. The number of para-hydroxylation sites is 1. The van der Waals surface area contributed by atoms with Gasteiger partial charge in [-0.1, -0.05) is 44.0 Å². The Hall–Kier alpha value is -3.68. The molecule has 3 amide bonds. The van der Waals surface area contributed by atoms with Crippen molar-refractivity contribution in [3.05, 3.63) is 42.1 Å². The maximum Gasteiger partial charge on any atom is 0.409 e. The molecule has 0 radical (unpaired) electrons. The number of likely N-dealkylation sites (tertiary alicyclic amines) is 1. The van der Waals surface area contributed by atoms with Crippen LogP contribution in [0.3, 0.4) is 0 Å². The van der Waals surface area contributed by atoms with Gasteiger partial charge in [-0.25, -0.2) is 9.78 Å². The number of fused-ring (bicyclic) bond motifs is 6. The standard InChI is InChI=1S/C43H57N5O5/c1-6-43(52)20-18-32-30-15-14-29-26-37(53-40(51)45(4)5)36(27-41(29,2)31(30)17-19-42(32,43)3)46-22-24-47(25-23-46)39(50)35-12-9-21-48(35)38(49)34-16-13-28-10-7-8-11-33(28)44-34/h1,7-8,10-11,13,16,29-32,35-37,52H,9,12,14-15,17-27H2,2-5H3/t29-,30+,31-,32-,35-,36-,37-,41-,42-,43+/m0/s1. The number of aromatic nitrogens is 1. The van der Waals surface area contributed by atoms with Crippen LogP contribution in [0.15, 0.2) is 36.4 Å². The first-order valence-corrected chi connectivity index (χ1v) is 20.1. The Morgan fingerprint density at radius 3 is 2.45 bits per heavy atom. The van der Waals surface area contributed by atoms with Crippen LogP contribution in [0, 0.1) is 46.8 Å². The summed E-state index contributed by atoms with van der Waals surface area (Å²) in [6.07, 6.45) is 14.6. The molecule has 10 heteroatoms. The van der Waals surface area contributed by atoms with Crippen LogP contribution in [0.1, 0.15) is 88.5 Å².